The highest BCUT2D eigenvalue weighted by molar-refractivity contribution is 5.39. The van der Waals surface area contributed by atoms with E-state index >= 15 is 0 Å². The summed E-state index contributed by atoms with van der Waals surface area (Å²) >= 11 is 0. The van der Waals surface area contributed by atoms with Gasteiger partial charge in [0, 0.05) is 47.3 Å². The summed E-state index contributed by atoms with van der Waals surface area (Å²) in [6, 6.07) is 5.81. The molecule has 2 aromatic carbocycles. The van der Waals surface area contributed by atoms with Crippen molar-refractivity contribution in [3.05, 3.63) is 65.1 Å². The lowest BCUT2D eigenvalue weighted by molar-refractivity contribution is -0.180. The Kier molecular flexibility index (Phi) is 6.01. The third-order valence-electron chi connectivity index (χ3n) is 5.06. The summed E-state index contributed by atoms with van der Waals surface area (Å²) in [6.45, 7) is 1.58. The first-order valence-electron chi connectivity index (χ1n) is 16.8. The number of unbranched alkanes of at least 4 members (excludes halogenated alkanes) is 3. The lowest BCUT2D eigenvalue weighted by Crippen LogP contribution is -2.35. The molecule has 0 saturated carbocycles. The fourth-order valence-electron chi connectivity index (χ4n) is 3.29. The molecule has 1 heterocycles. The Morgan fingerprint density at radius 2 is 2.00 bits per heavy atom. The SMILES string of the molecule is [2H]c1cc([2H])c(C([2H])([2H])C([2H])([2H])C([2H])([2H])C([2H])([2H])OCCCCCCNCC(O)c2ccc3c(c2)COC(C)(C)O3)c([2H])c1. The van der Waals surface area contributed by atoms with Crippen LogP contribution in [0.1, 0.15) is 90.1 Å². The molecule has 2 aromatic rings. The van der Waals surface area contributed by atoms with E-state index in [0.29, 0.717) is 32.5 Å². The van der Waals surface area contributed by atoms with Crippen LogP contribution < -0.4 is 10.1 Å². The Hall–Kier alpha value is -1.92. The van der Waals surface area contributed by atoms with Crippen molar-refractivity contribution in [2.24, 2.45) is 0 Å². The smallest absolute Gasteiger partial charge is 0.205 e. The maximum atomic E-state index is 10.5. The summed E-state index contributed by atoms with van der Waals surface area (Å²) in [5.74, 6) is 0.0468. The monoisotopic (exact) mass is 466 g/mol. The van der Waals surface area contributed by atoms with E-state index in [4.69, 9.17) is 29.3 Å². The summed E-state index contributed by atoms with van der Waals surface area (Å²) in [6.07, 6.45) is -8.61. The molecule has 5 nitrogen and oxygen atoms in total. The van der Waals surface area contributed by atoms with Crippen LogP contribution in [0.2, 0.25) is 0 Å². The van der Waals surface area contributed by atoms with Gasteiger partial charge in [0.05, 0.1) is 19.6 Å². The number of hydrogen-bond donors (Lipinski definition) is 2. The quantitative estimate of drug-likeness (QED) is 0.337. The minimum Gasteiger partial charge on any atom is -0.463 e. The molecule has 0 saturated heterocycles. The Morgan fingerprint density at radius 1 is 1.18 bits per heavy atom. The number of aliphatic hydroxyl groups is 1. The van der Waals surface area contributed by atoms with Crippen LogP contribution in [0.25, 0.3) is 0 Å². The van der Waals surface area contributed by atoms with E-state index in [9.17, 15) is 5.11 Å². The Labute approximate surface area is 214 Å². The molecule has 1 atom stereocenters. The number of aliphatic hydroxyl groups excluding tert-OH is 1. The highest BCUT2D eigenvalue weighted by Gasteiger charge is 2.27. The standard InChI is InChI=1S/C28H41NO4/c1-28(2)32-22-25-20-24(15-16-27(25)33-28)26(30)21-29-17-9-3-4-10-18-31-19-11-8-14-23-12-6-5-7-13-23/h5-7,12-13,15-16,20,26,29-30H,3-4,8-11,14,17-19,21-22H2,1-2H3/i5D,8D2,11D2,12D,13D,14D2,19D2. The summed E-state index contributed by atoms with van der Waals surface area (Å²) in [4.78, 5) is 0. The lowest BCUT2D eigenvalue weighted by Gasteiger charge is -2.33. The Balaban J connectivity index is 1.42. The van der Waals surface area contributed by atoms with Crippen molar-refractivity contribution in [3.8, 4) is 5.75 Å². The number of fused-ring (bicyclic) bond motifs is 1. The van der Waals surface area contributed by atoms with Gasteiger partial charge in [0.15, 0.2) is 0 Å². The predicted molar refractivity (Wildman–Crippen MR) is 132 cm³/mol. The second kappa shape index (κ2) is 13.7. The molecule has 182 valence electrons. The highest BCUT2D eigenvalue weighted by atomic mass is 16.7. The minimum atomic E-state index is -3.55. The molecule has 0 fully saturated rings. The minimum absolute atomic E-state index is 0.235. The van der Waals surface area contributed by atoms with E-state index < -0.39 is 55.2 Å². The molecule has 5 heteroatoms. The van der Waals surface area contributed by atoms with Gasteiger partial charge in [0.25, 0.3) is 0 Å². The van der Waals surface area contributed by atoms with Crippen molar-refractivity contribution in [3.63, 3.8) is 0 Å². The second-order valence-corrected chi connectivity index (χ2v) is 8.24. The van der Waals surface area contributed by atoms with E-state index in [1.54, 1.807) is 0 Å². The number of ether oxygens (including phenoxy) is 3. The molecular formula is C28H41NO4. The third kappa shape index (κ3) is 9.46. The summed E-state index contributed by atoms with van der Waals surface area (Å²) in [5.41, 5.74) is 0.854. The van der Waals surface area contributed by atoms with E-state index in [1.807, 2.05) is 32.0 Å². The molecule has 0 amide bonds. The van der Waals surface area contributed by atoms with E-state index in [1.165, 1.54) is 0 Å². The zero-order valence-electron chi connectivity index (χ0n) is 30.3. The molecule has 33 heavy (non-hydrogen) atoms. The first-order chi connectivity index (χ1) is 20.2. The molecule has 0 spiro atoms. The van der Waals surface area contributed by atoms with Crippen molar-refractivity contribution in [2.75, 3.05) is 26.3 Å². The van der Waals surface area contributed by atoms with Gasteiger partial charge in [-0.25, -0.2) is 0 Å². The maximum Gasteiger partial charge on any atom is 0.205 e. The summed E-state index contributed by atoms with van der Waals surface area (Å²) in [7, 11) is 0. The molecule has 1 aliphatic rings. The van der Waals surface area contributed by atoms with Crippen LogP contribution in [0.15, 0.2) is 48.5 Å². The Bertz CT molecular complexity index is 1270. The lowest BCUT2D eigenvalue weighted by atomic mass is 10.0. The molecule has 0 aromatic heterocycles. The fourth-order valence-corrected chi connectivity index (χ4v) is 3.29. The van der Waals surface area contributed by atoms with Crippen LogP contribution in [-0.2, 0) is 22.5 Å². The molecular weight excluding hydrogens is 414 g/mol. The van der Waals surface area contributed by atoms with Gasteiger partial charge in [-0.1, -0.05) is 49.2 Å². The van der Waals surface area contributed by atoms with E-state index in [2.05, 4.69) is 5.32 Å². The van der Waals surface area contributed by atoms with Crippen LogP contribution in [0.5, 0.6) is 5.75 Å². The predicted octanol–water partition coefficient (Wildman–Crippen LogP) is 5.55. The van der Waals surface area contributed by atoms with Crippen molar-refractivity contribution in [1.82, 2.24) is 5.32 Å². The van der Waals surface area contributed by atoms with Crippen molar-refractivity contribution in [1.29, 1.82) is 0 Å². The molecule has 0 bridgehead atoms. The van der Waals surface area contributed by atoms with Crippen LogP contribution in [0, 0.1) is 0 Å². The molecule has 0 radical (unpaired) electrons. The van der Waals surface area contributed by atoms with Crippen LogP contribution >= 0.6 is 0 Å². The van der Waals surface area contributed by atoms with Crippen LogP contribution in [0.3, 0.4) is 0 Å². The maximum absolute atomic E-state index is 10.5. The normalized spacial score (nSPS) is 22.2. The topological polar surface area (TPSA) is 60.0 Å². The third-order valence-corrected chi connectivity index (χ3v) is 5.06. The number of rotatable bonds is 15. The second-order valence-electron chi connectivity index (χ2n) is 8.24. The molecule has 0 aliphatic carbocycles. The number of nitrogens with one attached hydrogen (secondary N) is 1. The van der Waals surface area contributed by atoms with Gasteiger partial charge in [0.1, 0.15) is 5.75 Å². The van der Waals surface area contributed by atoms with Gasteiger partial charge < -0.3 is 24.6 Å². The first-order valence-corrected chi connectivity index (χ1v) is 11.3. The molecule has 2 N–H and O–H groups in total. The number of benzene rings is 2. The average molecular weight is 467 g/mol. The highest BCUT2D eigenvalue weighted by Crippen LogP contribution is 2.32. The van der Waals surface area contributed by atoms with E-state index in [0.717, 1.165) is 41.9 Å². The molecule has 3 rings (SSSR count). The fraction of sp³-hybridized carbons (Fsp3) is 0.571. The van der Waals surface area contributed by atoms with Crippen molar-refractivity contribution >= 4 is 0 Å². The molecule has 1 aliphatic heterocycles. The Morgan fingerprint density at radius 3 is 2.85 bits per heavy atom. The van der Waals surface area contributed by atoms with Gasteiger partial charge in [0.2, 0.25) is 5.79 Å². The van der Waals surface area contributed by atoms with Gasteiger partial charge in [-0.05, 0) is 61.8 Å². The average Bonchev–Trinajstić information content (AvgIpc) is 2.90. The van der Waals surface area contributed by atoms with Crippen molar-refractivity contribution in [2.45, 2.75) is 77.1 Å². The number of hydrogen-bond acceptors (Lipinski definition) is 5. The van der Waals surface area contributed by atoms with Gasteiger partial charge in [-0.3, -0.25) is 0 Å². The zero-order chi connectivity index (χ0) is 33.1. The summed E-state index contributed by atoms with van der Waals surface area (Å²) < 4.78 is 106. The largest absolute Gasteiger partial charge is 0.463 e. The first kappa shape index (κ1) is 14.5. The van der Waals surface area contributed by atoms with E-state index in [-0.39, 0.29) is 12.6 Å². The zero-order valence-corrected chi connectivity index (χ0v) is 19.3. The summed E-state index contributed by atoms with van der Waals surface area (Å²) in [5, 5.41) is 13.7. The van der Waals surface area contributed by atoms with Gasteiger partial charge in [-0.15, -0.1) is 0 Å². The van der Waals surface area contributed by atoms with Crippen LogP contribution in [0.4, 0.5) is 0 Å². The molecule has 1 unspecified atom stereocenters. The van der Waals surface area contributed by atoms with Crippen LogP contribution in [-0.4, -0.2) is 37.1 Å². The van der Waals surface area contributed by atoms with Gasteiger partial charge in [-0.2, -0.15) is 0 Å². The van der Waals surface area contributed by atoms with Gasteiger partial charge >= 0.3 is 0 Å². The van der Waals surface area contributed by atoms with Crippen molar-refractivity contribution < 1.29 is 34.4 Å².